The van der Waals surface area contributed by atoms with Crippen LogP contribution < -0.4 is 0 Å². The number of aliphatic hydroxyl groups excluding tert-OH is 2. The lowest BCUT2D eigenvalue weighted by molar-refractivity contribution is -0.165. The number of aliphatic hydroxyl groups is 2. The summed E-state index contributed by atoms with van der Waals surface area (Å²) in [6.45, 7) is 0. The van der Waals surface area contributed by atoms with E-state index in [0.717, 1.165) is 6.08 Å². The highest BCUT2D eigenvalue weighted by Gasteiger charge is 2.39. The minimum Gasteiger partial charge on any atom is -0.478 e. The molecule has 0 spiro atoms. The van der Waals surface area contributed by atoms with Gasteiger partial charge in [-0.05, 0) is 6.08 Å². The zero-order valence-corrected chi connectivity index (χ0v) is 6.82. The summed E-state index contributed by atoms with van der Waals surface area (Å²) in [6.07, 6.45) is -4.25. The van der Waals surface area contributed by atoms with Gasteiger partial charge in [0.2, 0.25) is 11.9 Å². The average molecular weight is 204 g/mol. The monoisotopic (exact) mass is 204 g/mol. The van der Waals surface area contributed by atoms with Crippen molar-refractivity contribution in [1.29, 1.82) is 0 Å². The Labute approximate surface area is 77.8 Å². The lowest BCUT2D eigenvalue weighted by atomic mass is 10.0. The molecule has 0 aromatic rings. The molecule has 0 amide bonds. The lowest BCUT2D eigenvalue weighted by Gasteiger charge is -2.27. The van der Waals surface area contributed by atoms with Gasteiger partial charge < -0.3 is 25.2 Å². The van der Waals surface area contributed by atoms with E-state index in [1.165, 1.54) is 0 Å². The van der Waals surface area contributed by atoms with Gasteiger partial charge in [0.05, 0.1) is 0 Å². The number of carbonyl (C=O) groups is 2. The van der Waals surface area contributed by atoms with E-state index in [0.29, 0.717) is 0 Å². The zero-order valence-electron chi connectivity index (χ0n) is 6.82. The molecular formula is C7H8O7. The van der Waals surface area contributed by atoms with Gasteiger partial charge in [0.25, 0.3) is 0 Å². The van der Waals surface area contributed by atoms with E-state index in [-0.39, 0.29) is 0 Å². The fourth-order valence-electron chi connectivity index (χ4n) is 0.997. The van der Waals surface area contributed by atoms with Crippen LogP contribution in [0.25, 0.3) is 0 Å². The molecule has 7 nitrogen and oxygen atoms in total. The van der Waals surface area contributed by atoms with E-state index in [1.54, 1.807) is 0 Å². The van der Waals surface area contributed by atoms with Crippen LogP contribution in [0.5, 0.6) is 0 Å². The molecule has 0 saturated carbocycles. The normalized spacial score (nSPS) is 31.6. The molecule has 4 N–H and O–H groups in total. The summed E-state index contributed by atoms with van der Waals surface area (Å²) in [6, 6.07) is 0. The van der Waals surface area contributed by atoms with Crippen molar-refractivity contribution in [3.05, 3.63) is 11.8 Å². The van der Waals surface area contributed by atoms with E-state index in [1.807, 2.05) is 0 Å². The highest BCUT2D eigenvalue weighted by Crippen LogP contribution is 2.18. The van der Waals surface area contributed by atoms with Crippen molar-refractivity contribution in [3.63, 3.8) is 0 Å². The van der Waals surface area contributed by atoms with Crippen molar-refractivity contribution in [3.8, 4) is 0 Å². The predicted molar refractivity (Wildman–Crippen MR) is 40.2 cm³/mol. The molecule has 0 aromatic carbocycles. The van der Waals surface area contributed by atoms with E-state index in [9.17, 15) is 9.59 Å². The van der Waals surface area contributed by atoms with Gasteiger partial charge >= 0.3 is 11.9 Å². The third-order valence-corrected chi connectivity index (χ3v) is 1.69. The first-order valence-corrected chi connectivity index (χ1v) is 3.64. The van der Waals surface area contributed by atoms with Gasteiger partial charge in [-0.1, -0.05) is 0 Å². The molecule has 1 aliphatic rings. The smallest absolute Gasteiger partial charge is 0.370 e. The second-order valence-electron chi connectivity index (χ2n) is 2.69. The second kappa shape index (κ2) is 3.64. The summed E-state index contributed by atoms with van der Waals surface area (Å²) in [4.78, 5) is 20.9. The first-order chi connectivity index (χ1) is 6.43. The Balaban J connectivity index is 2.92. The van der Waals surface area contributed by atoms with Crippen molar-refractivity contribution in [2.75, 3.05) is 0 Å². The van der Waals surface area contributed by atoms with Crippen LogP contribution >= 0.6 is 0 Å². The van der Waals surface area contributed by atoms with Crippen LogP contribution in [0.3, 0.4) is 0 Å². The number of ether oxygens (including phenoxy) is 1. The van der Waals surface area contributed by atoms with Crippen molar-refractivity contribution in [2.45, 2.75) is 18.3 Å². The predicted octanol–water partition coefficient (Wildman–Crippen LogP) is -1.84. The lowest BCUT2D eigenvalue weighted by Crippen LogP contribution is -2.47. The molecule has 0 aliphatic carbocycles. The van der Waals surface area contributed by atoms with Crippen molar-refractivity contribution in [1.82, 2.24) is 0 Å². The zero-order chi connectivity index (χ0) is 10.9. The van der Waals surface area contributed by atoms with Crippen LogP contribution in [-0.2, 0) is 14.3 Å². The number of hydrogen-bond donors (Lipinski definition) is 4. The number of carboxylic acid groups (broad SMARTS) is 2. The van der Waals surface area contributed by atoms with Gasteiger partial charge in [0, 0.05) is 0 Å². The minimum absolute atomic E-state index is 0.685. The van der Waals surface area contributed by atoms with Crippen LogP contribution in [0.15, 0.2) is 11.8 Å². The Bertz CT molecular complexity index is 294. The van der Waals surface area contributed by atoms with Gasteiger partial charge in [0.15, 0.2) is 0 Å². The molecule has 1 aliphatic heterocycles. The summed E-state index contributed by atoms with van der Waals surface area (Å²) in [7, 11) is 0. The maximum atomic E-state index is 10.5. The van der Waals surface area contributed by atoms with E-state index in [2.05, 4.69) is 4.74 Å². The molecule has 0 aromatic heterocycles. The summed E-state index contributed by atoms with van der Waals surface area (Å²) < 4.78 is 4.44. The molecule has 0 bridgehead atoms. The third-order valence-electron chi connectivity index (χ3n) is 1.69. The summed E-state index contributed by atoms with van der Waals surface area (Å²) in [5, 5.41) is 35.2. The number of hydrogen-bond acceptors (Lipinski definition) is 5. The highest BCUT2D eigenvalue weighted by atomic mass is 16.6. The maximum Gasteiger partial charge on any atom is 0.370 e. The molecule has 14 heavy (non-hydrogen) atoms. The van der Waals surface area contributed by atoms with Gasteiger partial charge in [0.1, 0.15) is 12.2 Å². The van der Waals surface area contributed by atoms with Crippen LogP contribution in [0.1, 0.15) is 0 Å². The molecule has 7 heteroatoms. The topological polar surface area (TPSA) is 124 Å². The number of aliphatic carboxylic acids is 2. The molecule has 3 atom stereocenters. The quantitative estimate of drug-likeness (QED) is 0.416. The Hall–Kier alpha value is -1.60. The Morgan fingerprint density at radius 2 is 1.86 bits per heavy atom. The minimum atomic E-state index is -1.76. The van der Waals surface area contributed by atoms with Crippen molar-refractivity contribution >= 4 is 11.9 Å². The summed E-state index contributed by atoms with van der Waals surface area (Å²) in [5.41, 5.74) is 0. The Morgan fingerprint density at radius 3 is 2.29 bits per heavy atom. The molecule has 1 heterocycles. The molecule has 0 fully saturated rings. The molecule has 0 saturated heterocycles. The van der Waals surface area contributed by atoms with E-state index in [4.69, 9.17) is 20.4 Å². The number of rotatable bonds is 2. The van der Waals surface area contributed by atoms with Crippen molar-refractivity contribution in [2.24, 2.45) is 0 Å². The summed E-state index contributed by atoms with van der Waals surface area (Å²) >= 11 is 0. The largest absolute Gasteiger partial charge is 0.478 e. The highest BCUT2D eigenvalue weighted by molar-refractivity contribution is 5.86. The van der Waals surface area contributed by atoms with E-state index >= 15 is 0 Å². The average Bonchev–Trinajstić information content (AvgIpc) is 2.08. The molecule has 78 valence electrons. The van der Waals surface area contributed by atoms with Crippen LogP contribution in [0.2, 0.25) is 0 Å². The first-order valence-electron chi connectivity index (χ1n) is 3.64. The fourth-order valence-corrected chi connectivity index (χ4v) is 0.997. The van der Waals surface area contributed by atoms with Crippen LogP contribution in [0, 0.1) is 0 Å². The SMILES string of the molecule is O=C(O)C1=CC(O)C(O)C(C(=O)O)O1. The summed E-state index contributed by atoms with van der Waals surface area (Å²) in [5.74, 6) is -3.72. The van der Waals surface area contributed by atoms with Gasteiger partial charge in [-0.25, -0.2) is 9.59 Å². The van der Waals surface area contributed by atoms with Gasteiger partial charge in [-0.2, -0.15) is 0 Å². The molecular weight excluding hydrogens is 196 g/mol. The first kappa shape index (κ1) is 10.5. The standard InChI is InChI=1S/C7H8O7/c8-2-1-3(6(10)11)14-5(4(2)9)7(12)13/h1-2,4-5,8-9H,(H,10,11)(H,12,13). The van der Waals surface area contributed by atoms with Crippen LogP contribution in [-0.4, -0.2) is 50.7 Å². The molecule has 0 radical (unpaired) electrons. The molecule has 3 unspecified atom stereocenters. The Kier molecular flexibility index (Phi) is 2.73. The Morgan fingerprint density at radius 1 is 1.29 bits per heavy atom. The second-order valence-corrected chi connectivity index (χ2v) is 2.69. The maximum absolute atomic E-state index is 10.5. The fraction of sp³-hybridized carbons (Fsp3) is 0.429. The van der Waals surface area contributed by atoms with E-state index < -0.39 is 36.0 Å². The molecule has 1 rings (SSSR count). The third kappa shape index (κ3) is 1.83. The number of carboxylic acids is 2. The van der Waals surface area contributed by atoms with Gasteiger partial charge in [-0.3, -0.25) is 0 Å². The van der Waals surface area contributed by atoms with Gasteiger partial charge in [-0.15, -0.1) is 0 Å². The van der Waals surface area contributed by atoms with Crippen LogP contribution in [0.4, 0.5) is 0 Å². The van der Waals surface area contributed by atoms with Crippen molar-refractivity contribution < 1.29 is 34.8 Å².